The molecule has 2 atom stereocenters. The quantitative estimate of drug-likeness (QED) is 0.720. The summed E-state index contributed by atoms with van der Waals surface area (Å²) in [6.07, 6.45) is 6.64. The summed E-state index contributed by atoms with van der Waals surface area (Å²) >= 11 is 0. The van der Waals surface area contributed by atoms with Crippen LogP contribution in [0.2, 0.25) is 0 Å². The molecule has 0 heterocycles. The summed E-state index contributed by atoms with van der Waals surface area (Å²) in [4.78, 5) is 13.0. The van der Waals surface area contributed by atoms with Crippen LogP contribution in [0.3, 0.4) is 0 Å². The minimum atomic E-state index is -3.62. The van der Waals surface area contributed by atoms with Crippen LogP contribution in [0.25, 0.3) is 0 Å². The number of hydrogen-bond donors (Lipinski definition) is 1. The predicted molar refractivity (Wildman–Crippen MR) is 122 cm³/mol. The van der Waals surface area contributed by atoms with Gasteiger partial charge in [-0.2, -0.15) is 0 Å². The van der Waals surface area contributed by atoms with E-state index in [9.17, 15) is 13.2 Å². The first-order valence-electron chi connectivity index (χ1n) is 10.7. The molecule has 1 N–H and O–H groups in total. The minimum Gasteiger partial charge on any atom is -0.348 e. The number of carbonyl (C=O) groups excluding carboxylic acids is 1. The van der Waals surface area contributed by atoms with E-state index < -0.39 is 16.1 Å². The number of aryl methyl sites for hydroxylation is 3. The number of benzene rings is 2. The molecule has 6 heteroatoms. The molecular weight excluding hydrogens is 396 g/mol. The summed E-state index contributed by atoms with van der Waals surface area (Å²) in [6, 6.07) is 12.7. The topological polar surface area (TPSA) is 66.5 Å². The second-order valence-corrected chi connectivity index (χ2v) is 10.1. The molecule has 0 aliphatic heterocycles. The van der Waals surface area contributed by atoms with E-state index in [0.29, 0.717) is 5.69 Å². The van der Waals surface area contributed by atoms with Gasteiger partial charge in [0.2, 0.25) is 15.9 Å². The SMILES string of the molecule is CCc1ccc(N([C@H](C)C(=O)N[C@@H](C)c2ccc3c(c2)CCCC3)S(C)(=O)=O)cc1. The number of nitrogens with one attached hydrogen (secondary N) is 1. The molecule has 1 aliphatic carbocycles. The molecular formula is C24H32N2O3S. The highest BCUT2D eigenvalue weighted by molar-refractivity contribution is 7.92. The van der Waals surface area contributed by atoms with Gasteiger partial charge in [0.15, 0.2) is 0 Å². The Kier molecular flexibility index (Phi) is 6.86. The van der Waals surface area contributed by atoms with Crippen molar-refractivity contribution >= 4 is 21.6 Å². The maximum absolute atomic E-state index is 13.0. The van der Waals surface area contributed by atoms with Crippen LogP contribution >= 0.6 is 0 Å². The van der Waals surface area contributed by atoms with Crippen molar-refractivity contribution in [2.24, 2.45) is 0 Å². The van der Waals surface area contributed by atoms with Crippen molar-refractivity contribution in [1.29, 1.82) is 0 Å². The number of anilines is 1. The lowest BCUT2D eigenvalue weighted by atomic mass is 9.89. The lowest BCUT2D eigenvalue weighted by molar-refractivity contribution is -0.122. The zero-order valence-electron chi connectivity index (χ0n) is 18.3. The van der Waals surface area contributed by atoms with Crippen molar-refractivity contribution < 1.29 is 13.2 Å². The first-order chi connectivity index (χ1) is 14.2. The molecule has 1 aliphatic rings. The van der Waals surface area contributed by atoms with E-state index in [1.165, 1.54) is 28.3 Å². The Labute approximate surface area is 180 Å². The monoisotopic (exact) mass is 428 g/mol. The van der Waals surface area contributed by atoms with Crippen LogP contribution in [0, 0.1) is 0 Å². The average molecular weight is 429 g/mol. The summed E-state index contributed by atoms with van der Waals surface area (Å²) in [5, 5.41) is 3.00. The van der Waals surface area contributed by atoms with Crippen molar-refractivity contribution in [1.82, 2.24) is 5.32 Å². The van der Waals surface area contributed by atoms with E-state index in [-0.39, 0.29) is 11.9 Å². The fourth-order valence-corrected chi connectivity index (χ4v) is 5.30. The molecule has 2 aromatic rings. The highest BCUT2D eigenvalue weighted by Crippen LogP contribution is 2.26. The first kappa shape index (κ1) is 22.3. The maximum Gasteiger partial charge on any atom is 0.244 e. The van der Waals surface area contributed by atoms with E-state index in [1.54, 1.807) is 19.1 Å². The third kappa shape index (κ3) is 5.04. The lowest BCUT2D eigenvalue weighted by Crippen LogP contribution is -2.48. The van der Waals surface area contributed by atoms with Gasteiger partial charge >= 0.3 is 0 Å². The number of sulfonamides is 1. The molecule has 1 amide bonds. The summed E-state index contributed by atoms with van der Waals surface area (Å²) in [7, 11) is -3.62. The summed E-state index contributed by atoms with van der Waals surface area (Å²) in [6.45, 7) is 5.61. The summed E-state index contributed by atoms with van der Waals surface area (Å²) in [5.74, 6) is -0.315. The summed E-state index contributed by atoms with van der Waals surface area (Å²) < 4.78 is 26.2. The average Bonchev–Trinajstić information content (AvgIpc) is 2.72. The number of rotatable bonds is 7. The van der Waals surface area contributed by atoms with Crippen LogP contribution in [0.15, 0.2) is 42.5 Å². The Hall–Kier alpha value is -2.34. The van der Waals surface area contributed by atoms with Crippen LogP contribution in [-0.4, -0.2) is 26.6 Å². The van der Waals surface area contributed by atoms with Gasteiger partial charge in [0.25, 0.3) is 0 Å². The molecule has 5 nitrogen and oxygen atoms in total. The van der Waals surface area contributed by atoms with Gasteiger partial charge in [0, 0.05) is 0 Å². The van der Waals surface area contributed by atoms with Crippen LogP contribution in [0.4, 0.5) is 5.69 Å². The van der Waals surface area contributed by atoms with Crippen LogP contribution < -0.4 is 9.62 Å². The zero-order valence-corrected chi connectivity index (χ0v) is 19.1. The van der Waals surface area contributed by atoms with Gasteiger partial charge in [-0.15, -0.1) is 0 Å². The van der Waals surface area contributed by atoms with Crippen molar-refractivity contribution in [3.63, 3.8) is 0 Å². The molecule has 0 unspecified atom stereocenters. The number of carbonyl (C=O) groups is 1. The van der Waals surface area contributed by atoms with E-state index in [4.69, 9.17) is 0 Å². The number of fused-ring (bicyclic) bond motifs is 1. The highest BCUT2D eigenvalue weighted by Gasteiger charge is 2.30. The van der Waals surface area contributed by atoms with Crippen molar-refractivity contribution in [2.45, 2.75) is 65.0 Å². The second kappa shape index (κ2) is 9.21. The van der Waals surface area contributed by atoms with Gasteiger partial charge in [-0.1, -0.05) is 37.3 Å². The number of amides is 1. The van der Waals surface area contributed by atoms with Gasteiger partial charge < -0.3 is 5.32 Å². The standard InChI is InChI=1S/C24H32N2O3S/c1-5-19-10-14-23(15-11-19)26(30(4,28)29)18(3)24(27)25-17(2)21-13-12-20-8-6-7-9-22(20)16-21/h10-18H,5-9H2,1-4H3,(H,25,27)/t17-,18+/m0/s1. The van der Waals surface area contributed by atoms with E-state index in [1.807, 2.05) is 26.0 Å². The molecule has 30 heavy (non-hydrogen) atoms. The van der Waals surface area contributed by atoms with Gasteiger partial charge in [-0.3, -0.25) is 9.10 Å². The molecule has 0 radical (unpaired) electrons. The minimum absolute atomic E-state index is 0.198. The molecule has 0 fully saturated rings. The smallest absolute Gasteiger partial charge is 0.244 e. The Morgan fingerprint density at radius 3 is 2.27 bits per heavy atom. The molecule has 3 rings (SSSR count). The first-order valence-corrected chi connectivity index (χ1v) is 12.6. The molecule has 0 spiro atoms. The second-order valence-electron chi connectivity index (χ2n) is 8.22. The van der Waals surface area contributed by atoms with E-state index in [2.05, 4.69) is 23.5 Å². The third-order valence-corrected chi connectivity index (χ3v) is 7.16. The van der Waals surface area contributed by atoms with Crippen LogP contribution in [0.5, 0.6) is 0 Å². The molecule has 162 valence electrons. The Balaban J connectivity index is 1.77. The number of nitrogens with zero attached hydrogens (tertiary/aromatic N) is 1. The van der Waals surface area contributed by atoms with Gasteiger partial charge in [-0.05, 0) is 80.3 Å². The normalized spacial score (nSPS) is 15.7. The fourth-order valence-electron chi connectivity index (χ4n) is 4.13. The Bertz CT molecular complexity index is 1000. The molecule has 0 saturated heterocycles. The van der Waals surface area contributed by atoms with Gasteiger partial charge in [0.05, 0.1) is 18.0 Å². The Morgan fingerprint density at radius 1 is 1.03 bits per heavy atom. The molecule has 0 saturated carbocycles. The van der Waals surface area contributed by atoms with E-state index >= 15 is 0 Å². The molecule has 0 bridgehead atoms. The third-order valence-electron chi connectivity index (χ3n) is 5.92. The highest BCUT2D eigenvalue weighted by atomic mass is 32.2. The zero-order chi connectivity index (χ0) is 21.9. The fraction of sp³-hybridized carbons (Fsp3) is 0.458. The largest absolute Gasteiger partial charge is 0.348 e. The predicted octanol–water partition coefficient (Wildman–Crippen LogP) is 4.16. The lowest BCUT2D eigenvalue weighted by Gasteiger charge is -2.29. The van der Waals surface area contributed by atoms with E-state index in [0.717, 1.165) is 36.6 Å². The van der Waals surface area contributed by atoms with Crippen molar-refractivity contribution in [3.8, 4) is 0 Å². The van der Waals surface area contributed by atoms with Crippen LogP contribution in [0.1, 0.15) is 61.9 Å². The molecule has 0 aromatic heterocycles. The van der Waals surface area contributed by atoms with Crippen molar-refractivity contribution in [3.05, 3.63) is 64.7 Å². The molecule has 2 aromatic carbocycles. The van der Waals surface area contributed by atoms with Crippen LogP contribution in [-0.2, 0) is 34.1 Å². The summed E-state index contributed by atoms with van der Waals surface area (Å²) in [5.41, 5.74) is 5.43. The Morgan fingerprint density at radius 2 is 1.67 bits per heavy atom. The number of hydrogen-bond acceptors (Lipinski definition) is 3. The van der Waals surface area contributed by atoms with Gasteiger partial charge in [0.1, 0.15) is 6.04 Å². The maximum atomic E-state index is 13.0. The van der Waals surface area contributed by atoms with Crippen molar-refractivity contribution in [2.75, 3.05) is 10.6 Å². The van der Waals surface area contributed by atoms with Gasteiger partial charge in [-0.25, -0.2) is 8.42 Å².